The second-order valence-corrected chi connectivity index (χ2v) is 4.40. The molecule has 0 spiro atoms. The average Bonchev–Trinajstić information content (AvgIpc) is 2.64. The number of hydrogen-bond acceptors (Lipinski definition) is 3. The molecular formula is C11H22N2O. The molecule has 1 fully saturated rings. The van der Waals surface area contributed by atoms with Gasteiger partial charge in [-0.05, 0) is 31.8 Å². The fourth-order valence-corrected chi connectivity index (χ4v) is 1.85. The quantitative estimate of drug-likeness (QED) is 0.713. The highest BCUT2D eigenvalue weighted by atomic mass is 16.1. The van der Waals surface area contributed by atoms with E-state index in [2.05, 4.69) is 11.8 Å². The van der Waals surface area contributed by atoms with Crippen molar-refractivity contribution in [3.63, 3.8) is 0 Å². The van der Waals surface area contributed by atoms with Gasteiger partial charge in [0.15, 0.2) is 0 Å². The zero-order valence-corrected chi connectivity index (χ0v) is 9.33. The third-order valence-electron chi connectivity index (χ3n) is 3.24. The molecule has 3 nitrogen and oxygen atoms in total. The van der Waals surface area contributed by atoms with Crippen molar-refractivity contribution in [3.8, 4) is 0 Å². The standard InChI is InChI=1S/C11H22N2O/c1-3-9(2)11(14)8-13-5-4-10(6-12)7-13/h9-10H,3-8,12H2,1-2H3. The van der Waals surface area contributed by atoms with Gasteiger partial charge in [-0.1, -0.05) is 13.8 Å². The summed E-state index contributed by atoms with van der Waals surface area (Å²) in [7, 11) is 0. The van der Waals surface area contributed by atoms with Gasteiger partial charge in [-0.25, -0.2) is 0 Å². The number of carbonyl (C=O) groups is 1. The van der Waals surface area contributed by atoms with Gasteiger partial charge in [0.1, 0.15) is 5.78 Å². The zero-order chi connectivity index (χ0) is 10.6. The number of carbonyl (C=O) groups excluding carboxylic acids is 1. The minimum Gasteiger partial charge on any atom is -0.330 e. The van der Waals surface area contributed by atoms with Gasteiger partial charge < -0.3 is 5.73 Å². The van der Waals surface area contributed by atoms with Crippen molar-refractivity contribution >= 4 is 5.78 Å². The van der Waals surface area contributed by atoms with E-state index in [-0.39, 0.29) is 5.92 Å². The van der Waals surface area contributed by atoms with Gasteiger partial charge in [0, 0.05) is 12.5 Å². The number of hydrogen-bond donors (Lipinski definition) is 1. The molecule has 0 saturated carbocycles. The van der Waals surface area contributed by atoms with Crippen molar-refractivity contribution in [2.45, 2.75) is 26.7 Å². The van der Waals surface area contributed by atoms with Crippen LogP contribution in [-0.2, 0) is 4.79 Å². The minimum absolute atomic E-state index is 0.215. The fraction of sp³-hybridized carbons (Fsp3) is 0.909. The van der Waals surface area contributed by atoms with Crippen molar-refractivity contribution in [2.24, 2.45) is 17.6 Å². The van der Waals surface area contributed by atoms with Crippen molar-refractivity contribution < 1.29 is 4.79 Å². The minimum atomic E-state index is 0.215. The van der Waals surface area contributed by atoms with Gasteiger partial charge in [-0.2, -0.15) is 0 Å². The highest BCUT2D eigenvalue weighted by Crippen LogP contribution is 2.15. The van der Waals surface area contributed by atoms with Crippen LogP contribution in [0.25, 0.3) is 0 Å². The summed E-state index contributed by atoms with van der Waals surface area (Å²) in [5, 5.41) is 0. The first-order valence-corrected chi connectivity index (χ1v) is 5.62. The van der Waals surface area contributed by atoms with E-state index in [1.807, 2.05) is 6.92 Å². The van der Waals surface area contributed by atoms with Gasteiger partial charge in [0.2, 0.25) is 0 Å². The molecule has 2 unspecified atom stereocenters. The monoisotopic (exact) mass is 198 g/mol. The second kappa shape index (κ2) is 5.47. The number of nitrogens with zero attached hydrogens (tertiary/aromatic N) is 1. The first kappa shape index (κ1) is 11.7. The number of Topliss-reactive ketones (excluding diaryl/α,β-unsaturated/α-hetero) is 1. The summed E-state index contributed by atoms with van der Waals surface area (Å²) in [4.78, 5) is 13.9. The van der Waals surface area contributed by atoms with Crippen molar-refractivity contribution in [1.29, 1.82) is 0 Å². The SMILES string of the molecule is CCC(C)C(=O)CN1CCC(CN)C1. The van der Waals surface area contributed by atoms with Crippen LogP contribution < -0.4 is 5.73 Å². The summed E-state index contributed by atoms with van der Waals surface area (Å²) in [6.07, 6.45) is 2.11. The zero-order valence-electron chi connectivity index (χ0n) is 9.33. The van der Waals surface area contributed by atoms with Gasteiger partial charge in [0.05, 0.1) is 6.54 Å². The van der Waals surface area contributed by atoms with Gasteiger partial charge in [0.25, 0.3) is 0 Å². The predicted octanol–water partition coefficient (Wildman–Crippen LogP) is 0.882. The largest absolute Gasteiger partial charge is 0.330 e. The Morgan fingerprint density at radius 2 is 2.36 bits per heavy atom. The van der Waals surface area contributed by atoms with E-state index in [9.17, 15) is 4.79 Å². The molecule has 3 heteroatoms. The summed E-state index contributed by atoms with van der Waals surface area (Å²) < 4.78 is 0. The molecule has 2 N–H and O–H groups in total. The molecule has 1 saturated heterocycles. The Hall–Kier alpha value is -0.410. The average molecular weight is 198 g/mol. The first-order chi connectivity index (χ1) is 6.67. The van der Waals surface area contributed by atoms with Crippen LogP contribution in [-0.4, -0.2) is 36.9 Å². The van der Waals surface area contributed by atoms with Gasteiger partial charge in [-0.15, -0.1) is 0 Å². The number of nitrogens with two attached hydrogens (primary N) is 1. The molecule has 0 aromatic carbocycles. The van der Waals surface area contributed by atoms with Crippen molar-refractivity contribution in [3.05, 3.63) is 0 Å². The summed E-state index contributed by atoms with van der Waals surface area (Å²) in [6, 6.07) is 0. The van der Waals surface area contributed by atoms with E-state index in [4.69, 9.17) is 5.73 Å². The molecule has 1 aliphatic heterocycles. The van der Waals surface area contributed by atoms with Crippen LogP contribution in [0.15, 0.2) is 0 Å². The lowest BCUT2D eigenvalue weighted by molar-refractivity contribution is -0.123. The summed E-state index contributed by atoms with van der Waals surface area (Å²) in [5.74, 6) is 1.21. The molecular weight excluding hydrogens is 176 g/mol. The first-order valence-electron chi connectivity index (χ1n) is 5.62. The molecule has 82 valence electrons. The fourth-order valence-electron chi connectivity index (χ4n) is 1.85. The van der Waals surface area contributed by atoms with Crippen molar-refractivity contribution in [2.75, 3.05) is 26.2 Å². The van der Waals surface area contributed by atoms with E-state index < -0.39 is 0 Å². The molecule has 0 aliphatic carbocycles. The van der Waals surface area contributed by atoms with E-state index >= 15 is 0 Å². The molecule has 2 atom stereocenters. The van der Waals surface area contributed by atoms with Crippen LogP contribution in [0.3, 0.4) is 0 Å². The van der Waals surface area contributed by atoms with Crippen LogP contribution in [0.5, 0.6) is 0 Å². The Kier molecular flexibility index (Phi) is 4.55. The molecule has 1 rings (SSSR count). The third-order valence-corrected chi connectivity index (χ3v) is 3.24. The lowest BCUT2D eigenvalue weighted by Crippen LogP contribution is -2.31. The highest BCUT2D eigenvalue weighted by molar-refractivity contribution is 5.82. The molecule has 0 radical (unpaired) electrons. The molecule has 14 heavy (non-hydrogen) atoms. The molecule has 0 amide bonds. The molecule has 1 aliphatic rings. The second-order valence-electron chi connectivity index (χ2n) is 4.40. The molecule has 0 bridgehead atoms. The van der Waals surface area contributed by atoms with Crippen molar-refractivity contribution in [1.82, 2.24) is 4.90 Å². The summed E-state index contributed by atoms with van der Waals surface area (Å²) in [6.45, 7) is 7.52. The topological polar surface area (TPSA) is 46.3 Å². The van der Waals surface area contributed by atoms with E-state index in [1.54, 1.807) is 0 Å². The molecule has 0 aromatic rings. The van der Waals surface area contributed by atoms with Gasteiger partial charge >= 0.3 is 0 Å². The molecule has 0 aromatic heterocycles. The Labute approximate surface area is 86.6 Å². The Balaban J connectivity index is 2.28. The van der Waals surface area contributed by atoms with Crippen LogP contribution in [0.2, 0.25) is 0 Å². The Morgan fingerprint density at radius 3 is 2.86 bits per heavy atom. The maximum absolute atomic E-state index is 11.7. The van der Waals surface area contributed by atoms with Gasteiger partial charge in [-0.3, -0.25) is 9.69 Å². The maximum Gasteiger partial charge on any atom is 0.149 e. The highest BCUT2D eigenvalue weighted by Gasteiger charge is 2.23. The number of ketones is 1. The van der Waals surface area contributed by atoms with Crippen LogP contribution >= 0.6 is 0 Å². The predicted molar refractivity (Wildman–Crippen MR) is 58.1 cm³/mol. The smallest absolute Gasteiger partial charge is 0.149 e. The lowest BCUT2D eigenvalue weighted by Gasteiger charge is -2.16. The maximum atomic E-state index is 11.7. The normalized spacial score (nSPS) is 25.2. The van der Waals surface area contributed by atoms with E-state index in [1.165, 1.54) is 0 Å². The lowest BCUT2D eigenvalue weighted by atomic mass is 10.0. The Morgan fingerprint density at radius 1 is 1.64 bits per heavy atom. The van der Waals surface area contributed by atoms with E-state index in [0.717, 1.165) is 32.5 Å². The van der Waals surface area contributed by atoms with Crippen LogP contribution in [0, 0.1) is 11.8 Å². The van der Waals surface area contributed by atoms with E-state index in [0.29, 0.717) is 18.2 Å². The van der Waals surface area contributed by atoms with Crippen LogP contribution in [0.4, 0.5) is 0 Å². The summed E-state index contributed by atoms with van der Waals surface area (Å²) >= 11 is 0. The molecule has 1 heterocycles. The Bertz CT molecular complexity index is 194. The third kappa shape index (κ3) is 3.07. The van der Waals surface area contributed by atoms with Crippen LogP contribution in [0.1, 0.15) is 26.7 Å². The number of likely N-dealkylation sites (tertiary alicyclic amines) is 1. The summed E-state index contributed by atoms with van der Waals surface area (Å²) in [5.41, 5.74) is 5.60. The number of rotatable bonds is 5.